The lowest BCUT2D eigenvalue weighted by atomic mass is 10.0. The Hall–Kier alpha value is -3.94. The molecule has 0 saturated carbocycles. The summed E-state index contributed by atoms with van der Waals surface area (Å²) < 4.78 is 8.98. The number of aromatic nitrogens is 4. The third-order valence-corrected chi connectivity index (χ3v) is 5.36. The van der Waals surface area contributed by atoms with Gasteiger partial charge in [-0.15, -0.1) is 0 Å². The van der Waals surface area contributed by atoms with Crippen molar-refractivity contribution in [3.05, 3.63) is 92.4 Å². The van der Waals surface area contributed by atoms with Crippen LogP contribution in [0.5, 0.6) is 5.75 Å². The number of ketones is 1. The second-order valence-electron chi connectivity index (χ2n) is 7.53. The van der Waals surface area contributed by atoms with Crippen LogP contribution in [0.2, 0.25) is 0 Å². The summed E-state index contributed by atoms with van der Waals surface area (Å²) in [6.45, 7) is 2.62. The maximum absolute atomic E-state index is 12.5. The van der Waals surface area contributed by atoms with E-state index in [1.165, 1.54) is 4.57 Å². The monoisotopic (exact) mass is 432 g/mol. The fourth-order valence-corrected chi connectivity index (χ4v) is 3.55. The maximum Gasteiger partial charge on any atom is 0.330 e. The standard InChI is InChI=1S/C24H24N4O4/c1-3-4-14-28-22-20(23(30)26-24(28)31)27(2)19(25-22)15-32-18-12-10-17(11-13-18)21(29)16-8-6-5-7-9-16/h5-13H,3-4,14-15H2,1-2H3,(H,26,30,31). The summed E-state index contributed by atoms with van der Waals surface area (Å²) >= 11 is 0. The molecule has 0 fully saturated rings. The first-order valence-electron chi connectivity index (χ1n) is 10.5. The van der Waals surface area contributed by atoms with Crippen molar-refractivity contribution in [1.29, 1.82) is 0 Å². The second kappa shape index (κ2) is 9.05. The number of benzene rings is 2. The smallest absolute Gasteiger partial charge is 0.330 e. The Kier molecular flexibility index (Phi) is 6.02. The molecule has 0 aliphatic heterocycles. The van der Waals surface area contributed by atoms with Gasteiger partial charge >= 0.3 is 5.69 Å². The first kappa shape index (κ1) is 21.3. The number of nitrogens with one attached hydrogen (secondary N) is 1. The van der Waals surface area contributed by atoms with Crippen LogP contribution in [-0.4, -0.2) is 24.9 Å². The lowest BCUT2D eigenvalue weighted by Gasteiger charge is -2.07. The van der Waals surface area contributed by atoms with E-state index >= 15 is 0 Å². The molecule has 0 saturated heterocycles. The molecule has 0 radical (unpaired) electrons. The summed E-state index contributed by atoms with van der Waals surface area (Å²) in [4.78, 5) is 44.0. The van der Waals surface area contributed by atoms with Gasteiger partial charge in [0, 0.05) is 24.7 Å². The van der Waals surface area contributed by atoms with Crippen molar-refractivity contribution < 1.29 is 9.53 Å². The zero-order valence-electron chi connectivity index (χ0n) is 18.0. The van der Waals surface area contributed by atoms with E-state index in [2.05, 4.69) is 9.97 Å². The highest BCUT2D eigenvalue weighted by Crippen LogP contribution is 2.18. The van der Waals surface area contributed by atoms with Gasteiger partial charge in [-0.3, -0.25) is 19.1 Å². The van der Waals surface area contributed by atoms with Gasteiger partial charge < -0.3 is 9.30 Å². The number of unbranched alkanes of at least 4 members (excludes halogenated alkanes) is 1. The van der Waals surface area contributed by atoms with Crippen molar-refractivity contribution in [3.63, 3.8) is 0 Å². The molecule has 0 amide bonds. The van der Waals surface area contributed by atoms with Gasteiger partial charge in [0.15, 0.2) is 16.9 Å². The number of fused-ring (bicyclic) bond motifs is 1. The molecule has 32 heavy (non-hydrogen) atoms. The molecular weight excluding hydrogens is 408 g/mol. The highest BCUT2D eigenvalue weighted by Gasteiger charge is 2.17. The number of aromatic amines is 1. The number of hydrogen-bond donors (Lipinski definition) is 1. The molecule has 164 valence electrons. The highest BCUT2D eigenvalue weighted by atomic mass is 16.5. The van der Waals surface area contributed by atoms with Crippen LogP contribution in [0.3, 0.4) is 0 Å². The third-order valence-electron chi connectivity index (χ3n) is 5.36. The molecular formula is C24H24N4O4. The first-order chi connectivity index (χ1) is 15.5. The van der Waals surface area contributed by atoms with E-state index in [0.29, 0.717) is 40.4 Å². The molecule has 0 spiro atoms. The molecule has 4 rings (SSSR count). The van der Waals surface area contributed by atoms with Crippen molar-refractivity contribution >= 4 is 16.9 Å². The minimum atomic E-state index is -0.470. The summed E-state index contributed by atoms with van der Waals surface area (Å²) in [5, 5.41) is 0. The maximum atomic E-state index is 12.5. The van der Waals surface area contributed by atoms with Gasteiger partial charge in [0.2, 0.25) is 0 Å². The predicted octanol–water partition coefficient (Wildman–Crippen LogP) is 3.03. The van der Waals surface area contributed by atoms with E-state index in [1.54, 1.807) is 48.0 Å². The van der Waals surface area contributed by atoms with E-state index < -0.39 is 11.2 Å². The van der Waals surface area contributed by atoms with Gasteiger partial charge in [0.25, 0.3) is 5.56 Å². The van der Waals surface area contributed by atoms with Gasteiger partial charge in [-0.1, -0.05) is 43.7 Å². The third kappa shape index (κ3) is 4.12. The quantitative estimate of drug-likeness (QED) is 0.432. The summed E-state index contributed by atoms with van der Waals surface area (Å²) in [5.74, 6) is 1.03. The molecule has 0 aliphatic carbocycles. The van der Waals surface area contributed by atoms with Crippen LogP contribution in [0.1, 0.15) is 41.5 Å². The number of nitrogens with zero attached hydrogens (tertiary/aromatic N) is 3. The van der Waals surface area contributed by atoms with Crippen molar-refractivity contribution in [1.82, 2.24) is 19.1 Å². The van der Waals surface area contributed by atoms with Crippen LogP contribution in [0.25, 0.3) is 11.2 Å². The minimum absolute atomic E-state index is 0.0585. The predicted molar refractivity (Wildman–Crippen MR) is 121 cm³/mol. The van der Waals surface area contributed by atoms with Crippen LogP contribution >= 0.6 is 0 Å². The molecule has 0 atom stereocenters. The number of imidazole rings is 1. The number of ether oxygens (including phenoxy) is 1. The zero-order chi connectivity index (χ0) is 22.7. The summed E-state index contributed by atoms with van der Waals surface area (Å²) in [5.41, 5.74) is 0.959. The van der Waals surface area contributed by atoms with Crippen LogP contribution in [0.15, 0.2) is 64.2 Å². The van der Waals surface area contributed by atoms with E-state index in [4.69, 9.17) is 4.74 Å². The SMILES string of the molecule is CCCCn1c(=O)[nH]c(=O)c2c1nc(COc1ccc(C(=O)c3ccccc3)cc1)n2C. The van der Waals surface area contributed by atoms with Crippen LogP contribution in [-0.2, 0) is 20.2 Å². The van der Waals surface area contributed by atoms with E-state index in [9.17, 15) is 14.4 Å². The van der Waals surface area contributed by atoms with Crippen molar-refractivity contribution in [2.45, 2.75) is 32.9 Å². The molecule has 8 heteroatoms. The lowest BCUT2D eigenvalue weighted by Crippen LogP contribution is -2.31. The largest absolute Gasteiger partial charge is 0.486 e. The Labute approximate surface area is 184 Å². The lowest BCUT2D eigenvalue weighted by molar-refractivity contribution is 0.103. The Balaban J connectivity index is 1.55. The normalized spacial score (nSPS) is 11.1. The van der Waals surface area contributed by atoms with Gasteiger partial charge in [0.05, 0.1) is 0 Å². The molecule has 2 heterocycles. The molecule has 0 bridgehead atoms. The molecule has 1 N–H and O–H groups in total. The molecule has 2 aromatic carbocycles. The number of H-pyrrole nitrogens is 1. The molecule has 4 aromatic rings. The van der Waals surface area contributed by atoms with Crippen LogP contribution in [0, 0.1) is 0 Å². The van der Waals surface area contributed by atoms with E-state index in [-0.39, 0.29) is 12.4 Å². The average molecular weight is 432 g/mol. The van der Waals surface area contributed by atoms with Gasteiger partial charge in [0.1, 0.15) is 18.2 Å². The van der Waals surface area contributed by atoms with Gasteiger partial charge in [-0.2, -0.15) is 0 Å². The van der Waals surface area contributed by atoms with E-state index in [0.717, 1.165) is 12.8 Å². The Bertz CT molecular complexity index is 1370. The highest BCUT2D eigenvalue weighted by molar-refractivity contribution is 6.08. The minimum Gasteiger partial charge on any atom is -0.486 e. The van der Waals surface area contributed by atoms with Gasteiger partial charge in [-0.05, 0) is 30.7 Å². The number of rotatable bonds is 8. The van der Waals surface area contributed by atoms with Crippen LogP contribution in [0.4, 0.5) is 0 Å². The topological polar surface area (TPSA) is 99.0 Å². The van der Waals surface area contributed by atoms with Crippen molar-refractivity contribution in [3.8, 4) is 5.75 Å². The first-order valence-corrected chi connectivity index (χ1v) is 10.5. The Morgan fingerprint density at radius 2 is 1.72 bits per heavy atom. The summed E-state index contributed by atoms with van der Waals surface area (Å²) in [6, 6.07) is 16.0. The molecule has 0 aliphatic rings. The number of aryl methyl sites for hydroxylation is 2. The van der Waals surface area contributed by atoms with Gasteiger partial charge in [-0.25, -0.2) is 9.78 Å². The molecule has 2 aromatic heterocycles. The molecule has 0 unspecified atom stereocenters. The fourth-order valence-electron chi connectivity index (χ4n) is 3.55. The van der Waals surface area contributed by atoms with Crippen molar-refractivity contribution in [2.75, 3.05) is 0 Å². The number of carbonyl (C=O) groups is 1. The Morgan fingerprint density at radius 3 is 2.41 bits per heavy atom. The summed E-state index contributed by atoms with van der Waals surface area (Å²) in [7, 11) is 1.72. The molecule has 8 nitrogen and oxygen atoms in total. The Morgan fingerprint density at radius 1 is 1.03 bits per heavy atom. The average Bonchev–Trinajstić information content (AvgIpc) is 3.14. The number of hydrogen-bond acceptors (Lipinski definition) is 5. The van der Waals surface area contributed by atoms with Crippen LogP contribution < -0.4 is 16.0 Å². The summed E-state index contributed by atoms with van der Waals surface area (Å²) in [6.07, 6.45) is 1.72. The second-order valence-corrected chi connectivity index (χ2v) is 7.53. The number of carbonyl (C=O) groups excluding carboxylic acids is 1. The fraction of sp³-hybridized carbons (Fsp3) is 0.250. The zero-order valence-corrected chi connectivity index (χ0v) is 18.0. The van der Waals surface area contributed by atoms with E-state index in [1.807, 2.05) is 25.1 Å². The van der Waals surface area contributed by atoms with Crippen molar-refractivity contribution in [2.24, 2.45) is 7.05 Å².